The van der Waals surface area contributed by atoms with Crippen LogP contribution >= 0.6 is 11.8 Å². The van der Waals surface area contributed by atoms with Crippen LogP contribution < -0.4 is 10.6 Å². The lowest BCUT2D eigenvalue weighted by atomic mass is 10.1. The maximum atomic E-state index is 12.8. The van der Waals surface area contributed by atoms with Gasteiger partial charge in [-0.05, 0) is 44.2 Å². The molecule has 2 aromatic carbocycles. The molecule has 3 amide bonds. The van der Waals surface area contributed by atoms with Crippen molar-refractivity contribution in [2.24, 2.45) is 0 Å². The van der Waals surface area contributed by atoms with E-state index in [0.29, 0.717) is 60.6 Å². The lowest BCUT2D eigenvalue weighted by Gasteiger charge is -2.27. The third kappa shape index (κ3) is 7.33. The number of amides is 3. The summed E-state index contributed by atoms with van der Waals surface area (Å²) in [6.45, 7) is 10.2. The third-order valence-electron chi connectivity index (χ3n) is 6.13. The summed E-state index contributed by atoms with van der Waals surface area (Å²) in [5, 5.41) is 14.9. The molecule has 0 saturated carbocycles. The van der Waals surface area contributed by atoms with E-state index in [-0.39, 0.29) is 23.5 Å². The second kappa shape index (κ2) is 13.2. The standard InChI is InChI=1S/C28H32N6O4S/c1-4-12-34-25(20(3)29-26(36)21-10-8-19(2)9-11-21)31-32-28(34)39-18-24(35)30-23-7-5-6-22(17-23)27(37)33-13-15-38-16-14-33/h4-11,17,20H,1,12-16,18H2,2-3H3,(H,29,36)(H,30,35)/t20-/m0/s1. The van der Waals surface area contributed by atoms with Crippen molar-refractivity contribution in [3.8, 4) is 0 Å². The molecule has 0 spiro atoms. The summed E-state index contributed by atoms with van der Waals surface area (Å²) in [5.74, 6) is 0.107. The SMILES string of the molecule is C=CCn1c(SCC(=O)Nc2cccc(C(=O)N3CCOCC3)c2)nnc1[C@H](C)NC(=O)c1ccc(C)cc1. The van der Waals surface area contributed by atoms with Gasteiger partial charge in [0.2, 0.25) is 5.91 Å². The number of morpholine rings is 1. The molecular weight excluding hydrogens is 516 g/mol. The van der Waals surface area contributed by atoms with Crippen LogP contribution in [-0.4, -0.2) is 69.4 Å². The predicted molar refractivity (Wildman–Crippen MR) is 150 cm³/mol. The number of benzene rings is 2. The zero-order chi connectivity index (χ0) is 27.8. The maximum Gasteiger partial charge on any atom is 0.254 e. The van der Waals surface area contributed by atoms with Crippen molar-refractivity contribution in [3.05, 3.63) is 83.7 Å². The first kappa shape index (κ1) is 28.1. The van der Waals surface area contributed by atoms with Crippen LogP contribution in [0.5, 0.6) is 0 Å². The van der Waals surface area contributed by atoms with Gasteiger partial charge in [0, 0.05) is 36.4 Å². The van der Waals surface area contributed by atoms with Gasteiger partial charge in [-0.15, -0.1) is 16.8 Å². The zero-order valence-electron chi connectivity index (χ0n) is 22.1. The van der Waals surface area contributed by atoms with Crippen molar-refractivity contribution in [3.63, 3.8) is 0 Å². The maximum absolute atomic E-state index is 12.8. The normalized spacial score (nSPS) is 13.9. The molecule has 1 atom stereocenters. The molecule has 4 rings (SSSR count). The van der Waals surface area contributed by atoms with E-state index in [0.717, 1.165) is 5.56 Å². The van der Waals surface area contributed by atoms with E-state index in [1.54, 1.807) is 47.4 Å². The number of rotatable bonds is 10. The van der Waals surface area contributed by atoms with Crippen LogP contribution in [0, 0.1) is 6.92 Å². The Morgan fingerprint density at radius 1 is 1.10 bits per heavy atom. The molecule has 204 valence electrons. The van der Waals surface area contributed by atoms with Gasteiger partial charge in [0.25, 0.3) is 11.8 Å². The average molecular weight is 549 g/mol. The summed E-state index contributed by atoms with van der Waals surface area (Å²) in [6, 6.07) is 13.8. The summed E-state index contributed by atoms with van der Waals surface area (Å²) >= 11 is 1.23. The fourth-order valence-electron chi connectivity index (χ4n) is 4.08. The molecule has 2 heterocycles. The van der Waals surface area contributed by atoms with Gasteiger partial charge in [0.05, 0.1) is 25.0 Å². The number of aromatic nitrogens is 3. The van der Waals surface area contributed by atoms with Gasteiger partial charge in [-0.2, -0.15) is 0 Å². The van der Waals surface area contributed by atoms with E-state index < -0.39 is 6.04 Å². The Labute approximate surface area is 231 Å². The first-order chi connectivity index (χ1) is 18.9. The summed E-state index contributed by atoms with van der Waals surface area (Å²) < 4.78 is 7.14. The Bertz CT molecular complexity index is 1330. The van der Waals surface area contributed by atoms with Crippen LogP contribution in [0.1, 0.15) is 45.1 Å². The van der Waals surface area contributed by atoms with E-state index in [1.807, 2.05) is 30.5 Å². The van der Waals surface area contributed by atoms with Crippen molar-refractivity contribution in [1.29, 1.82) is 0 Å². The van der Waals surface area contributed by atoms with Crippen molar-refractivity contribution in [2.75, 3.05) is 37.4 Å². The molecule has 0 bridgehead atoms. The van der Waals surface area contributed by atoms with Crippen LogP contribution in [0.2, 0.25) is 0 Å². The highest BCUT2D eigenvalue weighted by molar-refractivity contribution is 7.99. The topological polar surface area (TPSA) is 118 Å². The van der Waals surface area contributed by atoms with E-state index in [4.69, 9.17) is 4.74 Å². The highest BCUT2D eigenvalue weighted by Crippen LogP contribution is 2.22. The fraction of sp³-hybridized carbons (Fsp3) is 0.321. The van der Waals surface area contributed by atoms with Crippen molar-refractivity contribution in [2.45, 2.75) is 31.6 Å². The van der Waals surface area contributed by atoms with E-state index in [9.17, 15) is 14.4 Å². The van der Waals surface area contributed by atoms with E-state index in [2.05, 4.69) is 27.4 Å². The molecule has 1 aromatic heterocycles. The first-order valence-electron chi connectivity index (χ1n) is 12.7. The minimum atomic E-state index is -0.416. The van der Waals surface area contributed by atoms with Gasteiger partial charge in [-0.1, -0.05) is 41.6 Å². The Kier molecular flexibility index (Phi) is 9.50. The van der Waals surface area contributed by atoms with Crippen LogP contribution in [0.25, 0.3) is 0 Å². The molecule has 1 saturated heterocycles. The van der Waals surface area contributed by atoms with Crippen molar-refractivity contribution < 1.29 is 19.1 Å². The zero-order valence-corrected chi connectivity index (χ0v) is 22.9. The predicted octanol–water partition coefficient (Wildman–Crippen LogP) is 3.47. The number of thioether (sulfide) groups is 1. The monoisotopic (exact) mass is 548 g/mol. The van der Waals surface area contributed by atoms with Crippen molar-refractivity contribution >= 4 is 35.2 Å². The molecule has 10 nitrogen and oxygen atoms in total. The Morgan fingerprint density at radius 2 is 1.85 bits per heavy atom. The molecular formula is C28H32N6O4S. The molecule has 3 aromatic rings. The number of carbonyl (C=O) groups is 3. The quantitative estimate of drug-likeness (QED) is 0.294. The average Bonchev–Trinajstić information content (AvgIpc) is 3.35. The largest absolute Gasteiger partial charge is 0.378 e. The summed E-state index contributed by atoms with van der Waals surface area (Å²) in [7, 11) is 0. The minimum Gasteiger partial charge on any atom is -0.378 e. The number of nitrogens with zero attached hydrogens (tertiary/aromatic N) is 4. The number of aryl methyl sites for hydroxylation is 1. The molecule has 11 heteroatoms. The van der Waals surface area contributed by atoms with Gasteiger partial charge in [0.1, 0.15) is 0 Å². The Hall–Kier alpha value is -3.96. The number of ether oxygens (including phenoxy) is 1. The molecule has 1 aliphatic heterocycles. The number of carbonyl (C=O) groups excluding carboxylic acids is 3. The lowest BCUT2D eigenvalue weighted by Crippen LogP contribution is -2.40. The molecule has 1 fully saturated rings. The van der Waals surface area contributed by atoms with Crippen LogP contribution in [0.15, 0.2) is 66.3 Å². The second-order valence-corrected chi connectivity index (χ2v) is 10.1. The summed E-state index contributed by atoms with van der Waals surface area (Å²) in [5.41, 5.74) is 2.69. The number of hydrogen-bond acceptors (Lipinski definition) is 7. The van der Waals surface area contributed by atoms with Gasteiger partial charge in [-0.3, -0.25) is 14.4 Å². The summed E-state index contributed by atoms with van der Waals surface area (Å²) in [6.07, 6.45) is 1.71. The van der Waals surface area contributed by atoms with Gasteiger partial charge in [0.15, 0.2) is 11.0 Å². The number of hydrogen-bond donors (Lipinski definition) is 2. The van der Waals surface area contributed by atoms with Gasteiger partial charge in [-0.25, -0.2) is 0 Å². The number of allylic oxidation sites excluding steroid dienone is 1. The Balaban J connectivity index is 1.36. The molecule has 2 N–H and O–H groups in total. The second-order valence-electron chi connectivity index (χ2n) is 9.12. The van der Waals surface area contributed by atoms with E-state index >= 15 is 0 Å². The molecule has 0 unspecified atom stereocenters. The van der Waals surface area contributed by atoms with Crippen LogP contribution in [0.4, 0.5) is 5.69 Å². The van der Waals surface area contributed by atoms with Gasteiger partial charge < -0.3 is 24.8 Å². The fourth-order valence-corrected chi connectivity index (χ4v) is 4.84. The number of nitrogens with one attached hydrogen (secondary N) is 2. The lowest BCUT2D eigenvalue weighted by molar-refractivity contribution is -0.113. The van der Waals surface area contributed by atoms with E-state index in [1.165, 1.54) is 11.8 Å². The molecule has 1 aliphatic rings. The van der Waals surface area contributed by atoms with Gasteiger partial charge >= 0.3 is 0 Å². The third-order valence-corrected chi connectivity index (χ3v) is 7.10. The highest BCUT2D eigenvalue weighted by Gasteiger charge is 2.21. The van der Waals surface area contributed by atoms with Crippen LogP contribution in [-0.2, 0) is 16.1 Å². The number of anilines is 1. The highest BCUT2D eigenvalue weighted by atomic mass is 32.2. The summed E-state index contributed by atoms with van der Waals surface area (Å²) in [4.78, 5) is 39.9. The first-order valence-corrected chi connectivity index (χ1v) is 13.7. The Morgan fingerprint density at radius 3 is 2.56 bits per heavy atom. The molecule has 39 heavy (non-hydrogen) atoms. The molecule has 0 radical (unpaired) electrons. The molecule has 0 aliphatic carbocycles. The minimum absolute atomic E-state index is 0.0843. The van der Waals surface area contributed by atoms with Crippen LogP contribution in [0.3, 0.4) is 0 Å². The smallest absolute Gasteiger partial charge is 0.254 e. The van der Waals surface area contributed by atoms with Crippen molar-refractivity contribution in [1.82, 2.24) is 25.0 Å².